The summed E-state index contributed by atoms with van der Waals surface area (Å²) in [4.78, 5) is 0. The van der Waals surface area contributed by atoms with Crippen molar-refractivity contribution in [2.75, 3.05) is 0 Å². The summed E-state index contributed by atoms with van der Waals surface area (Å²) in [6.45, 7) is 7.15. The van der Waals surface area contributed by atoms with Gasteiger partial charge in [-0.1, -0.05) is 50.6 Å². The SMILES string of the molecule is CC1CCC(C)C(NC(C)CCc2ccccc2)C1. The second-order valence-electron chi connectivity index (χ2n) is 6.59. The third-order valence-electron chi connectivity index (χ3n) is 4.67. The highest BCUT2D eigenvalue weighted by atomic mass is 15.0. The van der Waals surface area contributed by atoms with Gasteiger partial charge >= 0.3 is 0 Å². The molecule has 0 bridgehead atoms. The highest BCUT2D eigenvalue weighted by Gasteiger charge is 2.26. The summed E-state index contributed by atoms with van der Waals surface area (Å²) >= 11 is 0. The summed E-state index contributed by atoms with van der Waals surface area (Å²) in [5.74, 6) is 1.74. The molecule has 0 heterocycles. The van der Waals surface area contributed by atoms with Crippen molar-refractivity contribution in [3.05, 3.63) is 35.9 Å². The molecule has 4 unspecified atom stereocenters. The van der Waals surface area contributed by atoms with Crippen LogP contribution >= 0.6 is 0 Å². The molecule has 1 aromatic rings. The lowest BCUT2D eigenvalue weighted by molar-refractivity contribution is 0.213. The molecule has 1 N–H and O–H groups in total. The Morgan fingerprint density at radius 3 is 2.63 bits per heavy atom. The van der Waals surface area contributed by atoms with Gasteiger partial charge in [0.15, 0.2) is 0 Å². The maximum absolute atomic E-state index is 3.87. The predicted molar refractivity (Wildman–Crippen MR) is 83.3 cm³/mol. The van der Waals surface area contributed by atoms with Crippen molar-refractivity contribution in [1.29, 1.82) is 0 Å². The average Bonchev–Trinajstić information content (AvgIpc) is 2.42. The Hall–Kier alpha value is -0.820. The van der Waals surface area contributed by atoms with Crippen LogP contribution in [0.1, 0.15) is 52.0 Å². The number of aryl methyl sites for hydroxylation is 1. The first-order chi connectivity index (χ1) is 9.15. The van der Waals surface area contributed by atoms with Gasteiger partial charge in [-0.15, -0.1) is 0 Å². The van der Waals surface area contributed by atoms with E-state index in [1.165, 1.54) is 37.7 Å². The second kappa shape index (κ2) is 7.09. The smallest absolute Gasteiger partial charge is 0.00977 e. The Labute approximate surface area is 118 Å². The fourth-order valence-corrected chi connectivity index (χ4v) is 3.24. The highest BCUT2D eigenvalue weighted by Crippen LogP contribution is 2.28. The van der Waals surface area contributed by atoms with Gasteiger partial charge in [-0.2, -0.15) is 0 Å². The first kappa shape index (κ1) is 14.6. The summed E-state index contributed by atoms with van der Waals surface area (Å²) in [5.41, 5.74) is 1.46. The molecule has 0 saturated heterocycles. The molecule has 1 aliphatic rings. The monoisotopic (exact) mass is 259 g/mol. The van der Waals surface area contributed by atoms with Gasteiger partial charge in [-0.3, -0.25) is 0 Å². The normalized spacial score (nSPS) is 29.1. The van der Waals surface area contributed by atoms with Crippen molar-refractivity contribution >= 4 is 0 Å². The molecule has 1 saturated carbocycles. The van der Waals surface area contributed by atoms with Gasteiger partial charge in [0.2, 0.25) is 0 Å². The molecule has 1 aromatic carbocycles. The fraction of sp³-hybridized carbons (Fsp3) is 0.667. The zero-order chi connectivity index (χ0) is 13.7. The van der Waals surface area contributed by atoms with E-state index in [1.807, 2.05) is 0 Å². The molecule has 0 spiro atoms. The van der Waals surface area contributed by atoms with Gasteiger partial charge in [0.05, 0.1) is 0 Å². The topological polar surface area (TPSA) is 12.0 Å². The molecule has 19 heavy (non-hydrogen) atoms. The van der Waals surface area contributed by atoms with E-state index in [1.54, 1.807) is 0 Å². The van der Waals surface area contributed by atoms with Gasteiger partial charge < -0.3 is 5.32 Å². The zero-order valence-electron chi connectivity index (χ0n) is 12.7. The van der Waals surface area contributed by atoms with E-state index in [0.29, 0.717) is 6.04 Å². The quantitative estimate of drug-likeness (QED) is 0.825. The van der Waals surface area contributed by atoms with Crippen LogP contribution in [0.4, 0.5) is 0 Å². The van der Waals surface area contributed by atoms with Crippen molar-refractivity contribution in [3.63, 3.8) is 0 Å². The van der Waals surface area contributed by atoms with Gasteiger partial charge in [-0.05, 0) is 50.0 Å². The molecule has 2 rings (SSSR count). The van der Waals surface area contributed by atoms with Gasteiger partial charge in [0.1, 0.15) is 0 Å². The van der Waals surface area contributed by atoms with Gasteiger partial charge in [-0.25, -0.2) is 0 Å². The summed E-state index contributed by atoms with van der Waals surface area (Å²) in [6.07, 6.45) is 6.59. The van der Waals surface area contributed by atoms with Crippen molar-refractivity contribution in [3.8, 4) is 0 Å². The van der Waals surface area contributed by atoms with Crippen LogP contribution in [0.5, 0.6) is 0 Å². The lowest BCUT2D eigenvalue weighted by Crippen LogP contribution is -2.44. The number of rotatable bonds is 5. The summed E-state index contributed by atoms with van der Waals surface area (Å²) in [6, 6.07) is 12.2. The van der Waals surface area contributed by atoms with E-state index >= 15 is 0 Å². The minimum absolute atomic E-state index is 0.623. The number of nitrogens with one attached hydrogen (secondary N) is 1. The third kappa shape index (κ3) is 4.65. The molecule has 1 fully saturated rings. The minimum Gasteiger partial charge on any atom is -0.311 e. The number of benzene rings is 1. The van der Waals surface area contributed by atoms with Crippen LogP contribution in [0.15, 0.2) is 30.3 Å². The Bertz CT molecular complexity index is 359. The van der Waals surface area contributed by atoms with Crippen LogP contribution in [0.25, 0.3) is 0 Å². The van der Waals surface area contributed by atoms with Crippen LogP contribution in [0.2, 0.25) is 0 Å². The van der Waals surface area contributed by atoms with Gasteiger partial charge in [0.25, 0.3) is 0 Å². The molecule has 106 valence electrons. The van der Waals surface area contributed by atoms with Crippen molar-refractivity contribution in [1.82, 2.24) is 5.32 Å². The molecular weight excluding hydrogens is 230 g/mol. The minimum atomic E-state index is 0.623. The molecule has 4 atom stereocenters. The Morgan fingerprint density at radius 1 is 1.16 bits per heavy atom. The average molecular weight is 259 g/mol. The summed E-state index contributed by atoms with van der Waals surface area (Å²) in [7, 11) is 0. The maximum atomic E-state index is 3.87. The van der Waals surface area contributed by atoms with Crippen molar-refractivity contribution in [2.24, 2.45) is 11.8 Å². The molecule has 0 aromatic heterocycles. The summed E-state index contributed by atoms with van der Waals surface area (Å²) < 4.78 is 0. The van der Waals surface area contributed by atoms with E-state index < -0.39 is 0 Å². The molecular formula is C18H29N. The second-order valence-corrected chi connectivity index (χ2v) is 6.59. The largest absolute Gasteiger partial charge is 0.311 e. The first-order valence-corrected chi connectivity index (χ1v) is 7.95. The van der Waals surface area contributed by atoms with Gasteiger partial charge in [0, 0.05) is 12.1 Å². The van der Waals surface area contributed by atoms with Crippen LogP contribution in [-0.2, 0) is 6.42 Å². The van der Waals surface area contributed by atoms with E-state index in [0.717, 1.165) is 17.9 Å². The molecule has 0 radical (unpaired) electrons. The number of hydrogen-bond donors (Lipinski definition) is 1. The maximum Gasteiger partial charge on any atom is 0.00977 e. The lowest BCUT2D eigenvalue weighted by Gasteiger charge is -2.35. The number of hydrogen-bond acceptors (Lipinski definition) is 1. The fourth-order valence-electron chi connectivity index (χ4n) is 3.24. The predicted octanol–water partition coefficient (Wildman–Crippen LogP) is 4.42. The van der Waals surface area contributed by atoms with Crippen LogP contribution in [0.3, 0.4) is 0 Å². The van der Waals surface area contributed by atoms with E-state index in [9.17, 15) is 0 Å². The first-order valence-electron chi connectivity index (χ1n) is 7.95. The van der Waals surface area contributed by atoms with Crippen LogP contribution in [0, 0.1) is 11.8 Å². The molecule has 0 amide bonds. The van der Waals surface area contributed by atoms with Crippen LogP contribution in [-0.4, -0.2) is 12.1 Å². The van der Waals surface area contributed by atoms with Crippen molar-refractivity contribution in [2.45, 2.75) is 65.0 Å². The van der Waals surface area contributed by atoms with E-state index in [-0.39, 0.29) is 0 Å². The Morgan fingerprint density at radius 2 is 1.89 bits per heavy atom. The third-order valence-corrected chi connectivity index (χ3v) is 4.67. The van der Waals surface area contributed by atoms with Crippen molar-refractivity contribution < 1.29 is 0 Å². The Balaban J connectivity index is 1.76. The van der Waals surface area contributed by atoms with E-state index in [4.69, 9.17) is 0 Å². The van der Waals surface area contributed by atoms with E-state index in [2.05, 4.69) is 56.4 Å². The standard InChI is InChI=1S/C18H29N/c1-14-9-10-15(2)18(13-14)19-16(3)11-12-17-7-5-4-6-8-17/h4-8,14-16,18-19H,9-13H2,1-3H3. The molecule has 1 heteroatoms. The highest BCUT2D eigenvalue weighted by molar-refractivity contribution is 5.14. The molecule has 0 aliphatic heterocycles. The summed E-state index contributed by atoms with van der Waals surface area (Å²) in [5, 5.41) is 3.87. The van der Waals surface area contributed by atoms with Crippen LogP contribution < -0.4 is 5.32 Å². The molecule has 1 aliphatic carbocycles. The molecule has 1 nitrogen and oxygen atoms in total. The zero-order valence-corrected chi connectivity index (χ0v) is 12.7. The Kier molecular flexibility index (Phi) is 5.45. The lowest BCUT2D eigenvalue weighted by atomic mass is 9.79.